The van der Waals surface area contributed by atoms with Crippen LogP contribution in [-0.2, 0) is 20.2 Å². The molecule has 0 amide bonds. The summed E-state index contributed by atoms with van der Waals surface area (Å²) in [5, 5.41) is 29.0. The third-order valence-corrected chi connectivity index (χ3v) is 9.07. The lowest BCUT2D eigenvalue weighted by molar-refractivity contribution is -0.969. The van der Waals surface area contributed by atoms with Gasteiger partial charge in [-0.3, -0.25) is 9.05 Å². The predicted octanol–water partition coefficient (Wildman–Crippen LogP) is 4.58. The minimum Gasteiger partial charge on any atom is -0.508 e. The highest BCUT2D eigenvalue weighted by atomic mass is 31.2. The number of hydrogen-bond donors (Lipinski definition) is 5. The quantitative estimate of drug-likeness (QED) is 0.0966. The molecule has 0 fully saturated rings. The summed E-state index contributed by atoms with van der Waals surface area (Å²) in [6.45, 7) is 0. The van der Waals surface area contributed by atoms with E-state index >= 15 is 0 Å². The van der Waals surface area contributed by atoms with E-state index in [0.717, 1.165) is 18.2 Å². The van der Waals surface area contributed by atoms with Gasteiger partial charge in [0, 0.05) is 16.7 Å². The molecule has 0 aromatic heterocycles. The molecule has 4 rings (SSSR count). The zero-order valence-corrected chi connectivity index (χ0v) is 21.7. The monoisotopic (exact) mass is 534 g/mol. The van der Waals surface area contributed by atoms with Crippen LogP contribution < -0.4 is 0 Å². The second-order valence-electron chi connectivity index (χ2n) is 9.48. The van der Waals surface area contributed by atoms with E-state index < -0.39 is 45.9 Å². The molecule has 0 aliphatic rings. The van der Waals surface area contributed by atoms with Crippen LogP contribution in [0.15, 0.2) is 109 Å². The molecule has 196 valence electrons. The maximum absolute atomic E-state index is 13.7. The van der Waals surface area contributed by atoms with E-state index in [2.05, 4.69) is 0 Å². The molecule has 0 saturated heterocycles. The zero-order valence-electron chi connectivity index (χ0n) is 20.8. The van der Waals surface area contributed by atoms with Gasteiger partial charge in [-0.2, -0.15) is 0 Å². The fourth-order valence-corrected chi connectivity index (χ4v) is 7.36. The van der Waals surface area contributed by atoms with E-state index in [0.29, 0.717) is 16.7 Å². The molecule has 5 N–H and O–H groups in total. The van der Waals surface area contributed by atoms with Gasteiger partial charge in [0.15, 0.2) is 5.54 Å². The largest absolute Gasteiger partial charge is 0.508 e. The van der Waals surface area contributed by atoms with E-state index in [4.69, 9.17) is 0 Å². The Kier molecular flexibility index (Phi) is 6.95. The van der Waals surface area contributed by atoms with Crippen molar-refractivity contribution in [2.24, 2.45) is 0 Å². The van der Waals surface area contributed by atoms with Crippen LogP contribution in [-0.4, -0.2) is 49.7 Å². The van der Waals surface area contributed by atoms with Gasteiger partial charge in [0.2, 0.25) is 0 Å². The fourth-order valence-electron chi connectivity index (χ4n) is 5.81. The first-order chi connectivity index (χ1) is 17.9. The molecule has 0 radical (unpaired) electrons. The van der Waals surface area contributed by atoms with Crippen LogP contribution >= 0.6 is 7.60 Å². The molecule has 0 bridgehead atoms. The molecular weight excluding hydrogens is 505 g/mol. The fraction of sp³-hybridized carbons (Fsp3) is 0.138. The number of phenolic OH excluding ortho intramolecular Hbond substituents is 2. The Bertz CT molecular complexity index is 1390. The number of benzene rings is 4. The first-order valence-electron chi connectivity index (χ1n) is 11.7. The average molecular weight is 535 g/mol. The van der Waals surface area contributed by atoms with Gasteiger partial charge >= 0.3 is 18.8 Å². The van der Waals surface area contributed by atoms with Crippen LogP contribution in [0.2, 0.25) is 0 Å². The van der Waals surface area contributed by atoms with Crippen LogP contribution in [0.5, 0.6) is 11.5 Å². The topological polar surface area (TPSA) is 135 Å². The molecule has 9 heteroatoms. The molecule has 1 unspecified atom stereocenters. The number of hydrogen-bond acceptors (Lipinski definition) is 4. The van der Waals surface area contributed by atoms with Crippen LogP contribution in [0.25, 0.3) is 0 Å². The van der Waals surface area contributed by atoms with Crippen molar-refractivity contribution in [3.8, 4) is 11.5 Å². The molecule has 0 aliphatic carbocycles. The van der Waals surface area contributed by atoms with Crippen molar-refractivity contribution in [3.63, 3.8) is 0 Å². The van der Waals surface area contributed by atoms with Gasteiger partial charge in [0.05, 0.1) is 19.7 Å². The van der Waals surface area contributed by atoms with Gasteiger partial charge in [0.1, 0.15) is 11.5 Å². The Hall–Kier alpha value is -3.94. The summed E-state index contributed by atoms with van der Waals surface area (Å²) in [7, 11) is -2.87. The maximum atomic E-state index is 13.7. The van der Waals surface area contributed by atoms with Crippen molar-refractivity contribution < 1.29 is 38.9 Å². The van der Waals surface area contributed by atoms with Gasteiger partial charge in [-0.25, -0.2) is 4.79 Å². The second-order valence-corrected chi connectivity index (χ2v) is 11.2. The van der Waals surface area contributed by atoms with E-state index in [-0.39, 0.29) is 0 Å². The number of quaternary nitrogens is 1. The summed E-state index contributed by atoms with van der Waals surface area (Å²) in [6, 6.07) is 29.6. The average Bonchev–Trinajstić information content (AvgIpc) is 2.87. The predicted molar refractivity (Wildman–Crippen MR) is 142 cm³/mol. The first-order valence-corrected chi connectivity index (χ1v) is 13.4. The van der Waals surface area contributed by atoms with Gasteiger partial charge < -0.3 is 25.1 Å². The summed E-state index contributed by atoms with van der Waals surface area (Å²) >= 11 is 0. The number of aliphatic carboxylic acids is 1. The Labute approximate surface area is 220 Å². The van der Waals surface area contributed by atoms with Crippen molar-refractivity contribution in [2.75, 3.05) is 14.1 Å². The summed E-state index contributed by atoms with van der Waals surface area (Å²) in [4.78, 5) is 35.5. The first kappa shape index (κ1) is 27.1. The van der Waals surface area contributed by atoms with Crippen LogP contribution in [0.4, 0.5) is 0 Å². The molecule has 8 nitrogen and oxygen atoms in total. The molecule has 0 aliphatic heterocycles. The smallest absolute Gasteiger partial charge is 0.402 e. The highest BCUT2D eigenvalue weighted by Crippen LogP contribution is 2.67. The Morgan fingerprint density at radius 2 is 1.11 bits per heavy atom. The summed E-state index contributed by atoms with van der Waals surface area (Å²) in [5.41, 5.74) is -0.486. The second kappa shape index (κ2) is 9.74. The molecule has 0 heterocycles. The van der Waals surface area contributed by atoms with E-state index in [1.807, 2.05) is 0 Å². The Morgan fingerprint density at radius 1 is 0.711 bits per heavy atom. The minimum absolute atomic E-state index is 0.457. The maximum Gasteiger partial charge on any atom is 0.402 e. The van der Waals surface area contributed by atoms with Crippen molar-refractivity contribution in [2.45, 2.75) is 10.8 Å². The number of rotatable bonds is 8. The normalized spacial score (nSPS) is 14.0. The highest BCUT2D eigenvalue weighted by molar-refractivity contribution is 7.54. The van der Waals surface area contributed by atoms with Gasteiger partial charge in [-0.05, 0) is 18.2 Å². The summed E-state index contributed by atoms with van der Waals surface area (Å²) < 4.78 is 12.7. The van der Waals surface area contributed by atoms with Crippen LogP contribution in [0, 0.1) is 0 Å². The zero-order chi connectivity index (χ0) is 27.8. The van der Waals surface area contributed by atoms with Gasteiger partial charge in [-0.1, -0.05) is 91.0 Å². The number of aromatic hydroxyl groups is 2. The molecule has 0 spiro atoms. The minimum atomic E-state index is -5.71. The number of likely N-dealkylation sites (N-methyl/N-ethyl adjacent to an activating group) is 1. The van der Waals surface area contributed by atoms with E-state index in [1.54, 1.807) is 91.0 Å². The van der Waals surface area contributed by atoms with Crippen molar-refractivity contribution in [3.05, 3.63) is 131 Å². The van der Waals surface area contributed by atoms with E-state index in [1.165, 1.54) is 14.1 Å². The molecular formula is C29H29NO7P+. The van der Waals surface area contributed by atoms with Crippen LogP contribution in [0.1, 0.15) is 22.3 Å². The Balaban J connectivity index is 2.32. The number of carboxylic acid groups (broad SMARTS) is 1. The number of carbonyl (C=O) groups is 1. The molecule has 0 saturated carbocycles. The molecule has 4 aromatic carbocycles. The molecule has 4 aromatic rings. The lowest BCUT2D eigenvalue weighted by atomic mass is 9.72. The molecule has 1 atom stereocenters. The Morgan fingerprint density at radius 3 is 1.45 bits per heavy atom. The number of carboxylic acids is 1. The number of nitrogens with zero attached hydrogens (tertiary/aromatic N) is 1. The molecule has 38 heavy (non-hydrogen) atoms. The van der Waals surface area contributed by atoms with Crippen molar-refractivity contribution in [1.29, 1.82) is 0 Å². The van der Waals surface area contributed by atoms with E-state index in [9.17, 15) is 34.5 Å². The number of phenols is 2. The van der Waals surface area contributed by atoms with Gasteiger partial charge in [-0.15, -0.1) is 0 Å². The van der Waals surface area contributed by atoms with Crippen molar-refractivity contribution in [1.82, 2.24) is 0 Å². The summed E-state index contributed by atoms with van der Waals surface area (Å²) in [6.07, 6.45) is 0. The van der Waals surface area contributed by atoms with Gasteiger partial charge in [0.25, 0.3) is 0 Å². The standard InChI is InChI=1S/C29H28NO7P/c1-30(2,29(27(33)34,38(35,36)37)25-20-24(31)18-19-26(25)32)28(21-12-6-3-7-13-21,22-14-8-4-9-15-22)23-16-10-5-11-17-23/h3-20H,1-2H3,(H4-,31,32,33,34,35,36,37)/p+1. The summed E-state index contributed by atoms with van der Waals surface area (Å²) in [5.74, 6) is -3.01. The van der Waals surface area contributed by atoms with Crippen molar-refractivity contribution >= 4 is 13.6 Å². The third-order valence-electron chi connectivity index (χ3n) is 7.30. The highest BCUT2D eigenvalue weighted by Gasteiger charge is 2.74. The lowest BCUT2D eigenvalue weighted by Crippen LogP contribution is -2.70. The lowest BCUT2D eigenvalue weighted by Gasteiger charge is -2.57. The third kappa shape index (κ3) is 3.81. The van der Waals surface area contributed by atoms with Crippen LogP contribution in [0.3, 0.4) is 0 Å². The SMILES string of the molecule is C[N+](C)(C(c1ccccc1)(c1ccccc1)c1ccccc1)C(C(=O)O)(c1cc(O)ccc1O)P(=O)(O)O.